The average Bonchev–Trinajstić information content (AvgIpc) is 3.35. The Labute approximate surface area is 287 Å². The minimum Gasteiger partial charge on any atom is -0.310 e. The minimum absolute atomic E-state index is 0.0846. The first kappa shape index (κ1) is 30.7. The number of rotatable bonds is 6. The molecular weight excluding hydrogens is 579 g/mol. The van der Waals surface area contributed by atoms with E-state index in [-0.39, 0.29) is 5.41 Å². The van der Waals surface area contributed by atoms with Gasteiger partial charge in [0.25, 0.3) is 0 Å². The summed E-state index contributed by atoms with van der Waals surface area (Å²) in [6.07, 6.45) is 6.61. The maximum atomic E-state index is 2.57. The van der Waals surface area contributed by atoms with Crippen LogP contribution >= 0.6 is 0 Å². The van der Waals surface area contributed by atoms with Gasteiger partial charge in [0.15, 0.2) is 0 Å². The van der Waals surface area contributed by atoms with E-state index in [2.05, 4.69) is 161 Å². The van der Waals surface area contributed by atoms with Crippen LogP contribution in [0.2, 0.25) is 0 Å². The Hall–Kier alpha value is -4.62. The van der Waals surface area contributed by atoms with E-state index in [4.69, 9.17) is 0 Å². The first-order valence-corrected chi connectivity index (χ1v) is 18.1. The number of fused-ring (bicyclic) bond motifs is 4. The number of hydrogen-bond donors (Lipinski definition) is 0. The number of nitrogens with zero attached hydrogens (tertiary/aromatic N) is 1. The van der Waals surface area contributed by atoms with Gasteiger partial charge in [0.05, 0.1) is 5.69 Å². The minimum atomic E-state index is -0.0846. The number of anilines is 3. The highest BCUT2D eigenvalue weighted by molar-refractivity contribution is 5.99. The third kappa shape index (κ3) is 5.16. The molecule has 0 aromatic heterocycles. The first-order chi connectivity index (χ1) is 23.3. The number of aryl methyl sites for hydroxylation is 1. The Balaban J connectivity index is 1.40. The van der Waals surface area contributed by atoms with Gasteiger partial charge in [-0.3, -0.25) is 0 Å². The summed E-state index contributed by atoms with van der Waals surface area (Å²) in [5.41, 5.74) is 16.0. The van der Waals surface area contributed by atoms with Gasteiger partial charge in [-0.1, -0.05) is 132 Å². The topological polar surface area (TPSA) is 3.24 Å². The zero-order chi connectivity index (χ0) is 33.0. The van der Waals surface area contributed by atoms with Crippen molar-refractivity contribution in [2.45, 2.75) is 84.0 Å². The van der Waals surface area contributed by atoms with Crippen molar-refractivity contribution in [1.82, 2.24) is 0 Å². The second-order valence-corrected chi connectivity index (χ2v) is 15.1. The lowest BCUT2D eigenvalue weighted by Gasteiger charge is -2.31. The number of hydrogen-bond acceptors (Lipinski definition) is 1. The van der Waals surface area contributed by atoms with E-state index >= 15 is 0 Å². The van der Waals surface area contributed by atoms with Crippen molar-refractivity contribution < 1.29 is 0 Å². The fourth-order valence-corrected chi connectivity index (χ4v) is 8.75. The summed E-state index contributed by atoms with van der Waals surface area (Å²) in [6.45, 7) is 11.7. The fourth-order valence-electron chi connectivity index (χ4n) is 8.75. The van der Waals surface area contributed by atoms with Gasteiger partial charge in [0.1, 0.15) is 0 Å². The molecular formula is C47H47N. The van der Waals surface area contributed by atoms with Gasteiger partial charge in [-0.15, -0.1) is 0 Å². The molecule has 240 valence electrons. The molecule has 0 amide bonds. The van der Waals surface area contributed by atoms with Crippen molar-refractivity contribution >= 4 is 27.8 Å². The second-order valence-electron chi connectivity index (χ2n) is 15.1. The van der Waals surface area contributed by atoms with Gasteiger partial charge in [-0.25, -0.2) is 0 Å². The zero-order valence-corrected chi connectivity index (χ0v) is 29.2. The molecule has 8 rings (SSSR count). The second kappa shape index (κ2) is 12.1. The highest BCUT2D eigenvalue weighted by Gasteiger charge is 2.37. The molecule has 0 N–H and O–H groups in total. The van der Waals surface area contributed by atoms with Crippen LogP contribution in [0.3, 0.4) is 0 Å². The van der Waals surface area contributed by atoms with E-state index in [0.29, 0.717) is 11.8 Å². The van der Waals surface area contributed by atoms with Crippen LogP contribution in [0, 0.1) is 6.92 Å². The maximum absolute atomic E-state index is 2.57. The van der Waals surface area contributed by atoms with E-state index in [1.54, 1.807) is 0 Å². The maximum Gasteiger partial charge on any atom is 0.0546 e. The lowest BCUT2D eigenvalue weighted by Crippen LogP contribution is -2.17. The zero-order valence-electron chi connectivity index (χ0n) is 29.2. The summed E-state index contributed by atoms with van der Waals surface area (Å²) in [4.78, 5) is 2.57. The molecule has 2 aliphatic carbocycles. The van der Waals surface area contributed by atoms with Crippen LogP contribution in [-0.4, -0.2) is 0 Å². The van der Waals surface area contributed by atoms with Gasteiger partial charge in [-0.2, -0.15) is 0 Å². The Morgan fingerprint density at radius 3 is 2.10 bits per heavy atom. The molecule has 0 saturated heterocycles. The molecule has 0 unspecified atom stereocenters. The van der Waals surface area contributed by atoms with Gasteiger partial charge in [0.2, 0.25) is 0 Å². The van der Waals surface area contributed by atoms with Crippen molar-refractivity contribution in [3.8, 4) is 22.3 Å². The molecule has 0 aliphatic heterocycles. The molecule has 1 heteroatoms. The third-order valence-electron chi connectivity index (χ3n) is 11.3. The molecule has 0 atom stereocenters. The molecule has 6 aromatic carbocycles. The summed E-state index contributed by atoms with van der Waals surface area (Å²) >= 11 is 0. The molecule has 1 nitrogen and oxygen atoms in total. The van der Waals surface area contributed by atoms with Crippen LogP contribution < -0.4 is 4.90 Å². The number of benzene rings is 6. The molecule has 1 fully saturated rings. The SMILES string of the molecule is Cc1cccc2c1-c1ccc(N(c3cccc(C4CCCCC4)c3)c3cc4ccccc4cc3-c3ccccc3C(C)C)cc1C2(C)C. The van der Waals surface area contributed by atoms with Crippen molar-refractivity contribution in [3.05, 3.63) is 149 Å². The van der Waals surface area contributed by atoms with Gasteiger partial charge >= 0.3 is 0 Å². The standard InChI is InChI=1S/C47H47N/c1-31(2)39-22-11-12-23-40(39)42-28-35-18-9-10-19-36(35)29-45(42)48(37-21-14-20-34(27-37)33-16-7-6-8-17-33)38-25-26-41-44(30-38)47(4,5)43-24-13-15-32(3)46(41)43/h9-15,18-31,33H,6-8,16-17H2,1-5H3. The summed E-state index contributed by atoms with van der Waals surface area (Å²) in [6, 6.07) is 46.3. The molecule has 0 heterocycles. The third-order valence-corrected chi connectivity index (χ3v) is 11.3. The summed E-state index contributed by atoms with van der Waals surface area (Å²) in [5.74, 6) is 1.04. The summed E-state index contributed by atoms with van der Waals surface area (Å²) in [5, 5.41) is 2.53. The van der Waals surface area contributed by atoms with Crippen LogP contribution in [0.1, 0.15) is 99.5 Å². The highest BCUT2D eigenvalue weighted by atomic mass is 15.1. The Kier molecular flexibility index (Phi) is 7.75. The van der Waals surface area contributed by atoms with E-state index in [9.17, 15) is 0 Å². The van der Waals surface area contributed by atoms with Crippen LogP contribution in [0.25, 0.3) is 33.0 Å². The predicted octanol–water partition coefficient (Wildman–Crippen LogP) is 13.8. The van der Waals surface area contributed by atoms with E-state index < -0.39 is 0 Å². The monoisotopic (exact) mass is 625 g/mol. The van der Waals surface area contributed by atoms with Crippen LogP contribution in [0.5, 0.6) is 0 Å². The molecule has 6 aromatic rings. The lowest BCUT2D eigenvalue weighted by atomic mass is 9.82. The largest absolute Gasteiger partial charge is 0.310 e. The van der Waals surface area contributed by atoms with Gasteiger partial charge in [0, 0.05) is 22.4 Å². The van der Waals surface area contributed by atoms with Crippen molar-refractivity contribution in [2.24, 2.45) is 0 Å². The van der Waals surface area contributed by atoms with Crippen LogP contribution in [0.15, 0.2) is 121 Å². The van der Waals surface area contributed by atoms with E-state index in [0.717, 1.165) is 0 Å². The van der Waals surface area contributed by atoms with Crippen molar-refractivity contribution in [1.29, 1.82) is 0 Å². The Morgan fingerprint density at radius 2 is 1.31 bits per heavy atom. The predicted molar refractivity (Wildman–Crippen MR) is 206 cm³/mol. The van der Waals surface area contributed by atoms with Gasteiger partial charge in [-0.05, 0) is 123 Å². The Morgan fingerprint density at radius 1 is 0.604 bits per heavy atom. The summed E-state index contributed by atoms with van der Waals surface area (Å²) in [7, 11) is 0. The van der Waals surface area contributed by atoms with E-state index in [1.807, 2.05) is 0 Å². The van der Waals surface area contributed by atoms with Crippen LogP contribution in [-0.2, 0) is 5.41 Å². The first-order valence-electron chi connectivity index (χ1n) is 18.1. The highest BCUT2D eigenvalue weighted by Crippen LogP contribution is 2.53. The normalized spacial score (nSPS) is 15.5. The average molecular weight is 626 g/mol. The molecule has 1 saturated carbocycles. The molecule has 0 bridgehead atoms. The Bertz CT molecular complexity index is 2140. The smallest absolute Gasteiger partial charge is 0.0546 e. The molecule has 0 radical (unpaired) electrons. The lowest BCUT2D eigenvalue weighted by molar-refractivity contribution is 0.443. The van der Waals surface area contributed by atoms with Crippen LogP contribution in [0.4, 0.5) is 17.1 Å². The molecule has 0 spiro atoms. The quantitative estimate of drug-likeness (QED) is 0.178. The molecule has 48 heavy (non-hydrogen) atoms. The molecule has 2 aliphatic rings. The van der Waals surface area contributed by atoms with E-state index in [1.165, 1.54) is 110 Å². The van der Waals surface area contributed by atoms with Crippen molar-refractivity contribution in [3.63, 3.8) is 0 Å². The fraction of sp³-hybridized carbons (Fsp3) is 0.277. The van der Waals surface area contributed by atoms with Gasteiger partial charge < -0.3 is 4.90 Å². The van der Waals surface area contributed by atoms with Crippen molar-refractivity contribution in [2.75, 3.05) is 4.90 Å². The summed E-state index contributed by atoms with van der Waals surface area (Å²) < 4.78 is 0.